The highest BCUT2D eigenvalue weighted by Crippen LogP contribution is 2.23. The predicted octanol–water partition coefficient (Wildman–Crippen LogP) is 3.07. The van der Waals surface area contributed by atoms with Crippen LogP contribution in [0.3, 0.4) is 0 Å². The zero-order valence-electron chi connectivity index (χ0n) is 8.79. The molecule has 92 valence electrons. The molecule has 0 aliphatic heterocycles. The monoisotopic (exact) mass is 327 g/mol. The van der Waals surface area contributed by atoms with Gasteiger partial charge in [-0.05, 0) is 22.0 Å². The maximum Gasteiger partial charge on any atom is 0.270 e. The van der Waals surface area contributed by atoms with Crippen molar-refractivity contribution in [3.63, 3.8) is 0 Å². The third-order valence-electron chi connectivity index (χ3n) is 2.06. The largest absolute Gasteiger partial charge is 0.298 e. The summed E-state index contributed by atoms with van der Waals surface area (Å²) in [5.74, 6) is -0.444. The van der Waals surface area contributed by atoms with Crippen LogP contribution in [0.4, 0.5) is 10.8 Å². The Morgan fingerprint density at radius 1 is 1.50 bits per heavy atom. The number of aromatic nitrogens is 1. The molecule has 1 aromatic heterocycles. The highest BCUT2D eigenvalue weighted by atomic mass is 79.9. The number of thiazole rings is 1. The van der Waals surface area contributed by atoms with Crippen LogP contribution in [0.5, 0.6) is 0 Å². The van der Waals surface area contributed by atoms with Gasteiger partial charge in [0.2, 0.25) is 0 Å². The highest BCUT2D eigenvalue weighted by molar-refractivity contribution is 9.10. The van der Waals surface area contributed by atoms with Crippen molar-refractivity contribution < 1.29 is 9.72 Å². The number of benzene rings is 1. The topological polar surface area (TPSA) is 85.1 Å². The van der Waals surface area contributed by atoms with Crippen LogP contribution < -0.4 is 5.32 Å². The molecule has 0 unspecified atom stereocenters. The lowest BCUT2D eigenvalue weighted by atomic mass is 10.2. The van der Waals surface area contributed by atoms with E-state index in [-0.39, 0.29) is 11.3 Å². The van der Waals surface area contributed by atoms with Crippen LogP contribution in [0.15, 0.2) is 34.2 Å². The molecule has 1 amide bonds. The summed E-state index contributed by atoms with van der Waals surface area (Å²) in [7, 11) is 0. The Kier molecular flexibility index (Phi) is 3.68. The molecule has 0 aliphatic carbocycles. The number of carbonyl (C=O) groups is 1. The number of nitrogens with zero attached hydrogens (tertiary/aromatic N) is 2. The van der Waals surface area contributed by atoms with Crippen molar-refractivity contribution in [3.8, 4) is 0 Å². The SMILES string of the molecule is O=C(Nc1nccs1)c1cc([N+](=O)[O-])ccc1Br. The number of anilines is 1. The van der Waals surface area contributed by atoms with E-state index >= 15 is 0 Å². The minimum Gasteiger partial charge on any atom is -0.298 e. The first-order valence-corrected chi connectivity index (χ1v) is 6.40. The summed E-state index contributed by atoms with van der Waals surface area (Å²) in [6, 6.07) is 4.01. The molecule has 0 spiro atoms. The van der Waals surface area contributed by atoms with Crippen LogP contribution in [-0.2, 0) is 0 Å². The Bertz CT molecular complexity index is 600. The lowest BCUT2D eigenvalue weighted by Crippen LogP contribution is -2.12. The second kappa shape index (κ2) is 5.23. The predicted molar refractivity (Wildman–Crippen MR) is 70.9 cm³/mol. The van der Waals surface area contributed by atoms with E-state index in [1.54, 1.807) is 11.6 Å². The van der Waals surface area contributed by atoms with Crippen molar-refractivity contribution in [2.24, 2.45) is 0 Å². The molecule has 8 heteroatoms. The Hall–Kier alpha value is -1.80. The quantitative estimate of drug-likeness (QED) is 0.693. The normalized spacial score (nSPS) is 10.1. The molecule has 0 saturated carbocycles. The van der Waals surface area contributed by atoms with Gasteiger partial charge in [0.05, 0.1) is 10.5 Å². The first-order valence-electron chi connectivity index (χ1n) is 4.72. The van der Waals surface area contributed by atoms with Crippen molar-refractivity contribution in [2.75, 3.05) is 5.32 Å². The number of non-ortho nitro benzene ring substituents is 1. The maximum absolute atomic E-state index is 11.9. The third-order valence-corrected chi connectivity index (χ3v) is 3.44. The first-order chi connectivity index (χ1) is 8.58. The Morgan fingerprint density at radius 2 is 2.28 bits per heavy atom. The molecule has 0 radical (unpaired) electrons. The van der Waals surface area contributed by atoms with Crippen molar-refractivity contribution >= 4 is 44.0 Å². The molecule has 0 fully saturated rings. The summed E-state index contributed by atoms with van der Waals surface area (Å²) < 4.78 is 0.488. The van der Waals surface area contributed by atoms with Crippen molar-refractivity contribution in [2.45, 2.75) is 0 Å². The standard InChI is InChI=1S/C10H6BrN3O3S/c11-8-2-1-6(14(16)17)5-7(8)9(15)13-10-12-3-4-18-10/h1-5H,(H,12,13,15). The lowest BCUT2D eigenvalue weighted by Gasteiger charge is -2.04. The number of nitro benzene ring substituents is 1. The zero-order valence-corrected chi connectivity index (χ0v) is 11.2. The summed E-state index contributed by atoms with van der Waals surface area (Å²) in [5, 5.41) is 15.4. The fourth-order valence-corrected chi connectivity index (χ4v) is 2.20. The van der Waals surface area contributed by atoms with E-state index in [2.05, 4.69) is 26.2 Å². The second-order valence-electron chi connectivity index (χ2n) is 3.21. The van der Waals surface area contributed by atoms with Gasteiger partial charge in [-0.2, -0.15) is 0 Å². The molecule has 6 nitrogen and oxygen atoms in total. The van der Waals surface area contributed by atoms with E-state index in [0.29, 0.717) is 9.60 Å². The summed E-state index contributed by atoms with van der Waals surface area (Å²) in [6.07, 6.45) is 1.56. The number of rotatable bonds is 3. The third kappa shape index (κ3) is 2.71. The van der Waals surface area contributed by atoms with Crippen LogP contribution in [0, 0.1) is 10.1 Å². The van der Waals surface area contributed by atoms with Crippen LogP contribution in [0.1, 0.15) is 10.4 Å². The van der Waals surface area contributed by atoms with Crippen molar-refractivity contribution in [3.05, 3.63) is 49.9 Å². The van der Waals surface area contributed by atoms with Crippen LogP contribution in [-0.4, -0.2) is 15.8 Å². The smallest absolute Gasteiger partial charge is 0.270 e. The van der Waals surface area contributed by atoms with Gasteiger partial charge < -0.3 is 0 Å². The van der Waals surface area contributed by atoms with Gasteiger partial charge in [-0.15, -0.1) is 11.3 Å². The molecule has 1 N–H and O–H groups in total. The van der Waals surface area contributed by atoms with E-state index in [1.165, 1.54) is 29.5 Å². The summed E-state index contributed by atoms with van der Waals surface area (Å²) >= 11 is 4.45. The van der Waals surface area contributed by atoms with Gasteiger partial charge >= 0.3 is 0 Å². The highest BCUT2D eigenvalue weighted by Gasteiger charge is 2.16. The molecular weight excluding hydrogens is 322 g/mol. The Balaban J connectivity index is 2.29. The molecule has 0 saturated heterocycles. The van der Waals surface area contributed by atoms with Gasteiger partial charge in [0.25, 0.3) is 11.6 Å². The minimum atomic E-state index is -0.549. The summed E-state index contributed by atoms with van der Waals surface area (Å²) in [5.41, 5.74) is 0.0573. The molecule has 1 heterocycles. The molecular formula is C10H6BrN3O3S. The number of halogens is 1. The molecule has 0 aliphatic rings. The first kappa shape index (κ1) is 12.7. The molecule has 18 heavy (non-hydrogen) atoms. The molecule has 2 rings (SSSR count). The average Bonchev–Trinajstić information content (AvgIpc) is 2.81. The van der Waals surface area contributed by atoms with E-state index in [0.717, 1.165) is 0 Å². The molecule has 2 aromatic rings. The molecule has 1 aromatic carbocycles. The number of amides is 1. The number of hydrogen-bond acceptors (Lipinski definition) is 5. The Morgan fingerprint density at radius 3 is 2.89 bits per heavy atom. The van der Waals surface area contributed by atoms with Crippen LogP contribution in [0.2, 0.25) is 0 Å². The second-order valence-corrected chi connectivity index (χ2v) is 4.96. The van der Waals surface area contributed by atoms with Crippen molar-refractivity contribution in [1.82, 2.24) is 4.98 Å². The van der Waals surface area contributed by atoms with E-state index in [1.807, 2.05) is 0 Å². The van der Waals surface area contributed by atoms with Crippen LogP contribution in [0.25, 0.3) is 0 Å². The van der Waals surface area contributed by atoms with Crippen molar-refractivity contribution in [1.29, 1.82) is 0 Å². The fraction of sp³-hybridized carbons (Fsp3) is 0. The number of hydrogen-bond donors (Lipinski definition) is 1. The number of nitro groups is 1. The summed E-state index contributed by atoms with van der Waals surface area (Å²) in [4.78, 5) is 25.9. The summed E-state index contributed by atoms with van der Waals surface area (Å²) in [6.45, 7) is 0. The van der Waals surface area contributed by atoms with Gasteiger partial charge in [0, 0.05) is 28.2 Å². The number of carbonyl (C=O) groups excluding carboxylic acids is 1. The molecule has 0 bridgehead atoms. The van der Waals surface area contributed by atoms with E-state index < -0.39 is 10.8 Å². The van der Waals surface area contributed by atoms with Gasteiger partial charge in [-0.3, -0.25) is 20.2 Å². The van der Waals surface area contributed by atoms with Gasteiger partial charge in [-0.1, -0.05) is 0 Å². The van der Waals surface area contributed by atoms with E-state index in [9.17, 15) is 14.9 Å². The zero-order chi connectivity index (χ0) is 13.1. The lowest BCUT2D eigenvalue weighted by molar-refractivity contribution is -0.384. The van der Waals surface area contributed by atoms with Crippen LogP contribution >= 0.6 is 27.3 Å². The minimum absolute atomic E-state index is 0.137. The Labute approximate surface area is 114 Å². The van der Waals surface area contributed by atoms with Gasteiger partial charge in [-0.25, -0.2) is 4.98 Å². The number of nitrogens with one attached hydrogen (secondary N) is 1. The average molecular weight is 328 g/mol. The van der Waals surface area contributed by atoms with Gasteiger partial charge in [0.15, 0.2) is 5.13 Å². The fourth-order valence-electron chi connectivity index (χ4n) is 1.25. The maximum atomic E-state index is 11.9. The molecule has 0 atom stereocenters. The van der Waals surface area contributed by atoms with Gasteiger partial charge in [0.1, 0.15) is 0 Å². The van der Waals surface area contributed by atoms with E-state index in [4.69, 9.17) is 0 Å².